The van der Waals surface area contributed by atoms with Crippen molar-refractivity contribution in [1.82, 2.24) is 9.78 Å². The first kappa shape index (κ1) is 14.8. The summed E-state index contributed by atoms with van der Waals surface area (Å²) in [6.07, 6.45) is -10.8. The minimum Gasteiger partial charge on any atom is -0.252 e. The second kappa shape index (κ2) is 3.86. The van der Waals surface area contributed by atoms with Crippen molar-refractivity contribution < 1.29 is 30.7 Å². The zero-order valence-corrected chi connectivity index (χ0v) is 9.54. The van der Waals surface area contributed by atoms with Crippen LogP contribution in [0.2, 0.25) is 0 Å². The molecule has 0 aliphatic carbocycles. The largest absolute Gasteiger partial charge is 0.433 e. The summed E-state index contributed by atoms with van der Waals surface area (Å²) in [5, 5.41) is 2.72. The van der Waals surface area contributed by atoms with E-state index >= 15 is 0 Å². The van der Waals surface area contributed by atoms with Crippen LogP contribution in [0.5, 0.6) is 0 Å². The first-order chi connectivity index (χ1) is 7.76. The molecule has 0 aliphatic rings. The second-order valence-electron chi connectivity index (χ2n) is 4.59. The Hall–Kier alpha value is -1.28. The molecule has 0 spiro atoms. The molecule has 1 heterocycles. The third-order valence-electron chi connectivity index (χ3n) is 2.03. The lowest BCUT2D eigenvalue weighted by Gasteiger charge is -2.23. The van der Waals surface area contributed by atoms with Crippen molar-refractivity contribution >= 4 is 0 Å². The molecule has 2 nitrogen and oxygen atoms in total. The van der Waals surface area contributed by atoms with Crippen LogP contribution >= 0.6 is 0 Å². The molecule has 0 saturated heterocycles. The molecule has 0 saturated carbocycles. The molecule has 0 fully saturated rings. The first-order valence-electron chi connectivity index (χ1n) is 4.69. The molecule has 0 aliphatic heterocycles. The van der Waals surface area contributed by atoms with Gasteiger partial charge >= 0.3 is 12.4 Å². The Bertz CT molecular complexity index is 447. The fourth-order valence-corrected chi connectivity index (χ4v) is 1.39. The molecular formula is C9H9F7N2. The van der Waals surface area contributed by atoms with Crippen LogP contribution in [-0.2, 0) is 17.9 Å². The number of halogens is 7. The lowest BCUT2D eigenvalue weighted by Crippen LogP contribution is -2.30. The van der Waals surface area contributed by atoms with Gasteiger partial charge < -0.3 is 0 Å². The van der Waals surface area contributed by atoms with E-state index in [-0.39, 0.29) is 4.68 Å². The zero-order valence-electron chi connectivity index (χ0n) is 9.54. The summed E-state index contributed by atoms with van der Waals surface area (Å²) in [4.78, 5) is 0. The quantitative estimate of drug-likeness (QED) is 0.660. The van der Waals surface area contributed by atoms with Crippen molar-refractivity contribution in [3.8, 4) is 0 Å². The molecule has 18 heavy (non-hydrogen) atoms. The van der Waals surface area contributed by atoms with Crippen LogP contribution in [0.25, 0.3) is 0 Å². The van der Waals surface area contributed by atoms with E-state index in [0.717, 1.165) is 0 Å². The Kier molecular flexibility index (Phi) is 3.17. The fourth-order valence-electron chi connectivity index (χ4n) is 1.39. The van der Waals surface area contributed by atoms with E-state index in [1.807, 2.05) is 0 Å². The Morgan fingerprint density at radius 3 is 1.61 bits per heavy atom. The molecule has 0 N–H and O–H groups in total. The number of hydrogen-bond acceptors (Lipinski definition) is 1. The molecule has 0 amide bonds. The highest BCUT2D eigenvalue weighted by molar-refractivity contribution is 5.26. The Morgan fingerprint density at radius 2 is 1.33 bits per heavy atom. The number of rotatable bonds is 0. The van der Waals surface area contributed by atoms with Gasteiger partial charge in [0.15, 0.2) is 5.69 Å². The second-order valence-corrected chi connectivity index (χ2v) is 4.59. The maximum atomic E-state index is 13.1. The maximum Gasteiger partial charge on any atom is 0.433 e. The summed E-state index contributed by atoms with van der Waals surface area (Å²) in [6, 6.07) is 0. The van der Waals surface area contributed by atoms with Crippen molar-refractivity contribution in [2.75, 3.05) is 0 Å². The lowest BCUT2D eigenvalue weighted by molar-refractivity contribution is -0.168. The number of hydrogen-bond donors (Lipinski definition) is 0. The van der Waals surface area contributed by atoms with Gasteiger partial charge in [-0.1, -0.05) is 0 Å². The summed E-state index contributed by atoms with van der Waals surface area (Å²) in [5.41, 5.74) is -5.94. The average Bonchev–Trinajstić information content (AvgIpc) is 2.39. The van der Waals surface area contributed by atoms with E-state index in [9.17, 15) is 30.7 Å². The van der Waals surface area contributed by atoms with Gasteiger partial charge in [-0.3, -0.25) is 4.68 Å². The molecule has 0 unspecified atom stereocenters. The molecule has 9 heteroatoms. The smallest absolute Gasteiger partial charge is 0.252 e. The van der Waals surface area contributed by atoms with Crippen molar-refractivity contribution in [2.45, 2.75) is 38.7 Å². The predicted molar refractivity (Wildman–Crippen MR) is 47.2 cm³/mol. The number of alkyl halides is 6. The normalized spacial score (nSPS) is 14.1. The van der Waals surface area contributed by atoms with Gasteiger partial charge in [-0.2, -0.15) is 30.7 Å². The SMILES string of the molecule is CC(C)(C)n1nc(F)c(C(F)(F)F)c1C(F)(F)F. The van der Waals surface area contributed by atoms with Gasteiger partial charge in [0.05, 0.1) is 5.54 Å². The Labute approximate surface area is 97.4 Å². The minimum atomic E-state index is -5.46. The van der Waals surface area contributed by atoms with Gasteiger partial charge in [-0.05, 0) is 20.8 Å². The van der Waals surface area contributed by atoms with Gasteiger partial charge in [0.25, 0.3) is 0 Å². The summed E-state index contributed by atoms with van der Waals surface area (Å²) < 4.78 is 88.4. The molecular weight excluding hydrogens is 269 g/mol. The van der Waals surface area contributed by atoms with Crippen LogP contribution < -0.4 is 0 Å². The maximum absolute atomic E-state index is 13.1. The Morgan fingerprint density at radius 1 is 0.889 bits per heavy atom. The molecule has 0 atom stereocenters. The first-order valence-corrected chi connectivity index (χ1v) is 4.69. The average molecular weight is 278 g/mol. The van der Waals surface area contributed by atoms with Crippen molar-refractivity contribution in [1.29, 1.82) is 0 Å². The van der Waals surface area contributed by atoms with Crippen molar-refractivity contribution in [3.05, 3.63) is 17.2 Å². The van der Waals surface area contributed by atoms with Crippen LogP contribution in [0.3, 0.4) is 0 Å². The topological polar surface area (TPSA) is 17.8 Å². The third kappa shape index (κ3) is 2.59. The number of nitrogens with zero attached hydrogens (tertiary/aromatic N) is 2. The van der Waals surface area contributed by atoms with E-state index in [1.54, 1.807) is 0 Å². The van der Waals surface area contributed by atoms with E-state index in [0.29, 0.717) is 0 Å². The summed E-state index contributed by atoms with van der Waals surface area (Å²) in [7, 11) is 0. The van der Waals surface area contributed by atoms with E-state index in [4.69, 9.17) is 0 Å². The van der Waals surface area contributed by atoms with Crippen molar-refractivity contribution in [2.24, 2.45) is 0 Å². The highest BCUT2D eigenvalue weighted by atomic mass is 19.4. The van der Waals surface area contributed by atoms with Crippen LogP contribution in [-0.4, -0.2) is 9.78 Å². The Balaban J connectivity index is 3.70. The van der Waals surface area contributed by atoms with Crippen LogP contribution in [0, 0.1) is 5.95 Å². The van der Waals surface area contributed by atoms with Gasteiger partial charge in [0.2, 0.25) is 5.95 Å². The monoisotopic (exact) mass is 278 g/mol. The highest BCUT2D eigenvalue weighted by Crippen LogP contribution is 2.43. The number of aromatic nitrogens is 2. The van der Waals surface area contributed by atoms with Crippen LogP contribution in [0.15, 0.2) is 0 Å². The van der Waals surface area contributed by atoms with Crippen LogP contribution in [0.1, 0.15) is 32.0 Å². The van der Waals surface area contributed by atoms with Crippen molar-refractivity contribution in [3.63, 3.8) is 0 Å². The summed E-state index contributed by atoms with van der Waals surface area (Å²) in [5.74, 6) is -2.18. The van der Waals surface area contributed by atoms with Gasteiger partial charge in [0.1, 0.15) is 5.56 Å². The molecule has 0 aromatic carbocycles. The minimum absolute atomic E-state index is 0.00512. The predicted octanol–water partition coefficient (Wildman–Crippen LogP) is 3.81. The molecule has 0 radical (unpaired) electrons. The lowest BCUT2D eigenvalue weighted by atomic mass is 10.1. The standard InChI is InChI=1S/C9H9F7N2/c1-7(2,3)18-5(9(14,15)16)4(6(10)17-18)8(11,12)13/h1-3H3. The molecule has 0 bridgehead atoms. The van der Waals surface area contributed by atoms with E-state index in [1.165, 1.54) is 20.8 Å². The molecule has 1 aromatic rings. The third-order valence-corrected chi connectivity index (χ3v) is 2.03. The summed E-state index contributed by atoms with van der Waals surface area (Å²) in [6.45, 7) is 3.57. The van der Waals surface area contributed by atoms with Gasteiger partial charge in [-0.15, -0.1) is 5.10 Å². The molecule has 1 rings (SSSR count). The van der Waals surface area contributed by atoms with Gasteiger partial charge in [0, 0.05) is 0 Å². The van der Waals surface area contributed by atoms with E-state index in [2.05, 4.69) is 5.10 Å². The molecule has 1 aromatic heterocycles. The van der Waals surface area contributed by atoms with Crippen LogP contribution in [0.4, 0.5) is 30.7 Å². The fraction of sp³-hybridized carbons (Fsp3) is 0.667. The highest BCUT2D eigenvalue weighted by Gasteiger charge is 2.51. The van der Waals surface area contributed by atoms with E-state index < -0.39 is 35.1 Å². The molecule has 104 valence electrons. The summed E-state index contributed by atoms with van der Waals surface area (Å²) >= 11 is 0. The zero-order chi connectivity index (χ0) is 14.5. The van der Waals surface area contributed by atoms with Gasteiger partial charge in [-0.25, -0.2) is 0 Å².